The first-order chi connectivity index (χ1) is 15.5. The Bertz CT molecular complexity index is 857. The van der Waals surface area contributed by atoms with Gasteiger partial charge in [0.05, 0.1) is 19.8 Å². The summed E-state index contributed by atoms with van der Waals surface area (Å²) in [5, 5.41) is 15.0. The normalized spacial score (nSPS) is 15.6. The smallest absolute Gasteiger partial charge is 0.191 e. The molecule has 1 unspecified atom stereocenters. The summed E-state index contributed by atoms with van der Waals surface area (Å²) >= 11 is 0. The average molecular weight is 575 g/mol. The summed E-state index contributed by atoms with van der Waals surface area (Å²) in [6.45, 7) is 10.3. The van der Waals surface area contributed by atoms with E-state index in [4.69, 9.17) is 9.47 Å². The van der Waals surface area contributed by atoms with Crippen LogP contribution in [0.2, 0.25) is 0 Å². The number of nitrogens with zero attached hydrogens (tertiary/aromatic N) is 5. The van der Waals surface area contributed by atoms with Crippen LogP contribution >= 0.6 is 24.0 Å². The number of aromatic nitrogens is 3. The average Bonchev–Trinajstić information content (AvgIpc) is 3.12. The Balaban J connectivity index is 0.00000385. The second-order valence-electron chi connectivity index (χ2n) is 7.88. The van der Waals surface area contributed by atoms with Gasteiger partial charge in [0.2, 0.25) is 0 Å². The lowest BCUT2D eigenvalue weighted by atomic mass is 10.3. The fourth-order valence-electron chi connectivity index (χ4n) is 3.27. The van der Waals surface area contributed by atoms with Gasteiger partial charge in [-0.1, -0.05) is 0 Å². The van der Waals surface area contributed by atoms with Gasteiger partial charge in [0.25, 0.3) is 0 Å². The van der Waals surface area contributed by atoms with E-state index >= 15 is 0 Å². The van der Waals surface area contributed by atoms with Gasteiger partial charge in [-0.25, -0.2) is 9.38 Å². The molecule has 11 heteroatoms. The number of hydrogen-bond donors (Lipinski definition) is 2. The molecule has 1 fully saturated rings. The highest BCUT2D eigenvalue weighted by molar-refractivity contribution is 14.0. The highest BCUT2D eigenvalue weighted by Crippen LogP contribution is 2.12. The maximum Gasteiger partial charge on any atom is 0.191 e. The van der Waals surface area contributed by atoms with Crippen LogP contribution < -0.4 is 15.4 Å². The van der Waals surface area contributed by atoms with Crippen molar-refractivity contribution in [1.82, 2.24) is 30.3 Å². The van der Waals surface area contributed by atoms with Crippen LogP contribution in [0.5, 0.6) is 5.75 Å². The maximum atomic E-state index is 13.1. The minimum Gasteiger partial charge on any atom is -0.489 e. The molecule has 0 amide bonds. The second-order valence-corrected chi connectivity index (χ2v) is 7.88. The van der Waals surface area contributed by atoms with Gasteiger partial charge in [0.15, 0.2) is 11.8 Å². The number of benzene rings is 1. The van der Waals surface area contributed by atoms with Gasteiger partial charge in [-0.2, -0.15) is 0 Å². The Kier molecular flexibility index (Phi) is 11.8. The number of hydrogen-bond acceptors (Lipinski definition) is 6. The zero-order valence-corrected chi connectivity index (χ0v) is 21.9. The lowest BCUT2D eigenvalue weighted by Gasteiger charge is -2.26. The minimum atomic E-state index is -0.280. The van der Waals surface area contributed by atoms with Crippen molar-refractivity contribution in [3.8, 4) is 5.75 Å². The van der Waals surface area contributed by atoms with E-state index in [0.717, 1.165) is 57.5 Å². The fraction of sp³-hybridized carbons (Fsp3) is 0.591. The van der Waals surface area contributed by atoms with Crippen LogP contribution in [-0.2, 0) is 18.3 Å². The van der Waals surface area contributed by atoms with Crippen molar-refractivity contribution < 1.29 is 13.9 Å². The molecule has 3 rings (SSSR count). The Morgan fingerprint density at radius 3 is 2.61 bits per heavy atom. The fourth-order valence-corrected chi connectivity index (χ4v) is 3.27. The topological polar surface area (TPSA) is 88.8 Å². The first-order valence-electron chi connectivity index (χ1n) is 11.1. The van der Waals surface area contributed by atoms with Crippen LogP contribution in [0.25, 0.3) is 0 Å². The largest absolute Gasteiger partial charge is 0.489 e. The first kappa shape index (κ1) is 27.3. The molecule has 9 nitrogen and oxygen atoms in total. The third kappa shape index (κ3) is 9.41. The number of ether oxygens (including phenoxy) is 2. The van der Waals surface area contributed by atoms with Gasteiger partial charge in [0.1, 0.15) is 30.0 Å². The summed E-state index contributed by atoms with van der Waals surface area (Å²) in [7, 11) is 1.93. The zero-order chi connectivity index (χ0) is 22.8. The van der Waals surface area contributed by atoms with Crippen LogP contribution in [0.1, 0.15) is 25.0 Å². The summed E-state index contributed by atoms with van der Waals surface area (Å²) in [6.07, 6.45) is 0.878. The maximum absolute atomic E-state index is 13.1. The van der Waals surface area contributed by atoms with E-state index in [9.17, 15) is 4.39 Å². The van der Waals surface area contributed by atoms with Crippen molar-refractivity contribution in [2.24, 2.45) is 12.0 Å². The van der Waals surface area contributed by atoms with Crippen LogP contribution in [0.4, 0.5) is 4.39 Å². The molecule has 0 spiro atoms. The van der Waals surface area contributed by atoms with Gasteiger partial charge in [-0.05, 0) is 51.1 Å². The first-order valence-corrected chi connectivity index (χ1v) is 11.1. The molecule has 1 aliphatic rings. The van der Waals surface area contributed by atoms with Crippen molar-refractivity contribution in [2.45, 2.75) is 32.9 Å². The van der Waals surface area contributed by atoms with Crippen molar-refractivity contribution in [2.75, 3.05) is 45.9 Å². The lowest BCUT2D eigenvalue weighted by molar-refractivity contribution is 0.0376. The molecule has 184 valence electrons. The third-order valence-electron chi connectivity index (χ3n) is 5.32. The van der Waals surface area contributed by atoms with Crippen LogP contribution in [0.3, 0.4) is 0 Å². The number of rotatable bonds is 10. The Morgan fingerprint density at radius 2 is 1.94 bits per heavy atom. The SMILES string of the molecule is Cc1nnc(CN=C(NCCCN2CCOCC2)NCC(C)Oc2ccc(F)cc2)n1C.I. The molecule has 2 aromatic rings. The van der Waals surface area contributed by atoms with E-state index in [1.54, 1.807) is 12.1 Å². The molecule has 1 aromatic carbocycles. The van der Waals surface area contributed by atoms with Crippen molar-refractivity contribution in [1.29, 1.82) is 0 Å². The quantitative estimate of drug-likeness (QED) is 0.194. The molecule has 0 aliphatic carbocycles. The zero-order valence-electron chi connectivity index (χ0n) is 19.6. The van der Waals surface area contributed by atoms with Gasteiger partial charge >= 0.3 is 0 Å². The Hall–Kier alpha value is -1.99. The molecule has 1 atom stereocenters. The summed E-state index contributed by atoms with van der Waals surface area (Å²) in [6, 6.07) is 6.03. The number of morpholine rings is 1. The molecule has 0 bridgehead atoms. The van der Waals surface area contributed by atoms with Gasteiger partial charge in [-0.15, -0.1) is 34.2 Å². The van der Waals surface area contributed by atoms with Crippen molar-refractivity contribution in [3.63, 3.8) is 0 Å². The summed E-state index contributed by atoms with van der Waals surface area (Å²) in [5.41, 5.74) is 0. The van der Waals surface area contributed by atoms with Gasteiger partial charge in [-0.3, -0.25) is 4.90 Å². The number of aryl methyl sites for hydroxylation is 1. The number of halogens is 2. The number of guanidine groups is 1. The minimum absolute atomic E-state index is 0. The molecule has 2 N–H and O–H groups in total. The van der Waals surface area contributed by atoms with Crippen molar-refractivity contribution >= 4 is 29.9 Å². The van der Waals surface area contributed by atoms with E-state index in [1.165, 1.54) is 12.1 Å². The van der Waals surface area contributed by atoms with Crippen LogP contribution in [0.15, 0.2) is 29.3 Å². The third-order valence-corrected chi connectivity index (χ3v) is 5.32. The molecule has 0 radical (unpaired) electrons. The van der Waals surface area contributed by atoms with Gasteiger partial charge < -0.3 is 24.7 Å². The molecule has 2 heterocycles. The number of nitrogens with one attached hydrogen (secondary N) is 2. The molecular formula is C22H35FIN7O2. The Labute approximate surface area is 212 Å². The van der Waals surface area contributed by atoms with Crippen LogP contribution in [-0.4, -0.2) is 77.7 Å². The van der Waals surface area contributed by atoms with Crippen LogP contribution in [0, 0.1) is 12.7 Å². The molecular weight excluding hydrogens is 540 g/mol. The standard InChI is InChI=1S/C22H34FN7O2.HI/c1-17(32-20-7-5-19(23)6-8-20)15-25-22(26-16-21-28-27-18(2)29(21)3)24-9-4-10-30-11-13-31-14-12-30;/h5-8,17H,4,9-16H2,1-3H3,(H2,24,25,26);1H. The summed E-state index contributed by atoms with van der Waals surface area (Å²) < 4.78 is 26.3. The predicted octanol–water partition coefficient (Wildman–Crippen LogP) is 2.11. The highest BCUT2D eigenvalue weighted by Gasteiger charge is 2.11. The molecule has 1 saturated heterocycles. The van der Waals surface area contributed by atoms with E-state index < -0.39 is 0 Å². The lowest BCUT2D eigenvalue weighted by Crippen LogP contribution is -2.43. The highest BCUT2D eigenvalue weighted by atomic mass is 127. The molecule has 1 aliphatic heterocycles. The predicted molar refractivity (Wildman–Crippen MR) is 137 cm³/mol. The monoisotopic (exact) mass is 575 g/mol. The summed E-state index contributed by atoms with van der Waals surface area (Å²) in [4.78, 5) is 7.09. The van der Waals surface area contributed by atoms with Crippen molar-refractivity contribution in [3.05, 3.63) is 41.7 Å². The number of aliphatic imine (C=N–C) groups is 1. The Morgan fingerprint density at radius 1 is 1.21 bits per heavy atom. The van der Waals surface area contributed by atoms with E-state index in [2.05, 4.69) is 30.7 Å². The van der Waals surface area contributed by atoms with Gasteiger partial charge in [0, 0.05) is 26.7 Å². The molecule has 33 heavy (non-hydrogen) atoms. The molecule has 1 aromatic heterocycles. The summed E-state index contributed by atoms with van der Waals surface area (Å²) in [5.74, 6) is 2.70. The van der Waals surface area contributed by atoms with E-state index in [1.807, 2.05) is 25.5 Å². The van der Waals surface area contributed by atoms with E-state index in [0.29, 0.717) is 24.8 Å². The second kappa shape index (κ2) is 14.3. The van der Waals surface area contributed by atoms with E-state index in [-0.39, 0.29) is 35.9 Å². The molecule has 0 saturated carbocycles.